The first-order valence-electron chi connectivity index (χ1n) is 9.53. The molecule has 0 saturated heterocycles. The number of anilines is 2. The van der Waals surface area contributed by atoms with Crippen LogP contribution in [-0.2, 0) is 0 Å². The molecule has 3 aromatic rings. The number of hydrogen-bond acceptors (Lipinski definition) is 5. The third-order valence-corrected chi connectivity index (χ3v) is 4.23. The minimum atomic E-state index is -0.242. The van der Waals surface area contributed by atoms with Crippen LogP contribution in [0.5, 0.6) is 0 Å². The van der Waals surface area contributed by atoms with E-state index >= 15 is 0 Å². The fourth-order valence-corrected chi connectivity index (χ4v) is 2.67. The first-order chi connectivity index (χ1) is 13.9. The summed E-state index contributed by atoms with van der Waals surface area (Å²) >= 11 is 0. The van der Waals surface area contributed by atoms with Crippen molar-refractivity contribution in [2.45, 2.75) is 20.8 Å². The number of ketones is 1. The Morgan fingerprint density at radius 1 is 0.966 bits per heavy atom. The average Bonchev–Trinajstić information content (AvgIpc) is 2.72. The summed E-state index contributed by atoms with van der Waals surface area (Å²) in [5, 5.41) is 6.09. The SMILES string of the molecule is CC(=O)c1ccc(Nc2cc(C(=O)NCC(C)C)nc(-c3ccccc3)n2)cc1. The molecular weight excluding hydrogens is 364 g/mol. The monoisotopic (exact) mass is 388 g/mol. The van der Waals surface area contributed by atoms with Gasteiger partial charge in [0.25, 0.3) is 5.91 Å². The van der Waals surface area contributed by atoms with E-state index < -0.39 is 0 Å². The van der Waals surface area contributed by atoms with Crippen LogP contribution in [0.3, 0.4) is 0 Å². The summed E-state index contributed by atoms with van der Waals surface area (Å²) in [6.45, 7) is 6.17. The minimum absolute atomic E-state index is 0.00839. The van der Waals surface area contributed by atoms with Crippen molar-refractivity contribution < 1.29 is 9.59 Å². The van der Waals surface area contributed by atoms with Gasteiger partial charge >= 0.3 is 0 Å². The number of benzene rings is 2. The molecule has 29 heavy (non-hydrogen) atoms. The van der Waals surface area contributed by atoms with Crippen LogP contribution in [0.4, 0.5) is 11.5 Å². The summed E-state index contributed by atoms with van der Waals surface area (Å²) < 4.78 is 0. The molecule has 0 spiro atoms. The lowest BCUT2D eigenvalue weighted by molar-refractivity contribution is 0.0943. The summed E-state index contributed by atoms with van der Waals surface area (Å²) in [5.74, 6) is 1.07. The molecule has 0 atom stereocenters. The zero-order valence-electron chi connectivity index (χ0n) is 16.8. The van der Waals surface area contributed by atoms with Crippen LogP contribution in [0.2, 0.25) is 0 Å². The van der Waals surface area contributed by atoms with Gasteiger partial charge in [-0.15, -0.1) is 0 Å². The maximum atomic E-state index is 12.6. The van der Waals surface area contributed by atoms with Crippen LogP contribution in [0.15, 0.2) is 60.7 Å². The summed E-state index contributed by atoms with van der Waals surface area (Å²) in [7, 11) is 0. The van der Waals surface area contributed by atoms with Crippen molar-refractivity contribution in [1.29, 1.82) is 0 Å². The molecule has 0 saturated carbocycles. The molecule has 6 heteroatoms. The van der Waals surface area contributed by atoms with E-state index in [0.717, 1.165) is 11.3 Å². The smallest absolute Gasteiger partial charge is 0.270 e. The fourth-order valence-electron chi connectivity index (χ4n) is 2.67. The summed E-state index contributed by atoms with van der Waals surface area (Å²) in [6, 6.07) is 18.3. The van der Waals surface area contributed by atoms with Crippen LogP contribution in [0.1, 0.15) is 41.6 Å². The van der Waals surface area contributed by atoms with Crippen LogP contribution < -0.4 is 10.6 Å². The van der Waals surface area contributed by atoms with Gasteiger partial charge in [0.1, 0.15) is 11.5 Å². The highest BCUT2D eigenvalue weighted by atomic mass is 16.1. The minimum Gasteiger partial charge on any atom is -0.350 e. The molecule has 148 valence electrons. The molecule has 0 aliphatic carbocycles. The summed E-state index contributed by atoms with van der Waals surface area (Å²) in [6.07, 6.45) is 0. The van der Waals surface area contributed by atoms with Gasteiger partial charge in [-0.1, -0.05) is 44.2 Å². The molecule has 0 aliphatic rings. The van der Waals surface area contributed by atoms with Crippen LogP contribution in [0, 0.1) is 5.92 Å². The van der Waals surface area contributed by atoms with E-state index in [2.05, 4.69) is 20.6 Å². The van der Waals surface area contributed by atoms with E-state index in [0.29, 0.717) is 35.4 Å². The third kappa shape index (κ3) is 5.48. The molecule has 0 fully saturated rings. The van der Waals surface area contributed by atoms with Gasteiger partial charge in [0.15, 0.2) is 11.6 Å². The fraction of sp³-hybridized carbons (Fsp3) is 0.217. The average molecular weight is 388 g/mol. The highest BCUT2D eigenvalue weighted by Gasteiger charge is 2.14. The lowest BCUT2D eigenvalue weighted by atomic mass is 10.1. The number of carbonyl (C=O) groups excluding carboxylic acids is 2. The molecule has 2 N–H and O–H groups in total. The van der Waals surface area contributed by atoms with Gasteiger partial charge in [0.2, 0.25) is 0 Å². The second-order valence-corrected chi connectivity index (χ2v) is 7.19. The van der Waals surface area contributed by atoms with E-state index in [-0.39, 0.29) is 11.7 Å². The maximum Gasteiger partial charge on any atom is 0.270 e. The van der Waals surface area contributed by atoms with Crippen molar-refractivity contribution in [3.8, 4) is 11.4 Å². The molecule has 6 nitrogen and oxygen atoms in total. The van der Waals surface area contributed by atoms with E-state index in [1.54, 1.807) is 30.3 Å². The maximum absolute atomic E-state index is 12.6. The van der Waals surface area contributed by atoms with Gasteiger partial charge in [-0.2, -0.15) is 0 Å². The Morgan fingerprint density at radius 2 is 1.66 bits per heavy atom. The van der Waals surface area contributed by atoms with Gasteiger partial charge in [0.05, 0.1) is 0 Å². The molecule has 0 unspecified atom stereocenters. The highest BCUT2D eigenvalue weighted by Crippen LogP contribution is 2.21. The Balaban J connectivity index is 1.93. The summed E-state index contributed by atoms with van der Waals surface area (Å²) in [5.41, 5.74) is 2.52. The van der Waals surface area contributed by atoms with Crippen molar-refractivity contribution in [2.24, 2.45) is 5.92 Å². The largest absolute Gasteiger partial charge is 0.350 e. The van der Waals surface area contributed by atoms with Crippen LogP contribution in [0.25, 0.3) is 11.4 Å². The standard InChI is InChI=1S/C23H24N4O2/c1-15(2)14-24-23(29)20-13-21(25-19-11-9-17(10-12-19)16(3)28)27-22(26-20)18-7-5-4-6-8-18/h4-13,15H,14H2,1-3H3,(H,24,29)(H,25,26,27). The number of Topliss-reactive ketones (excluding diaryl/α,β-unsaturated/α-hetero) is 1. The second-order valence-electron chi connectivity index (χ2n) is 7.19. The molecule has 0 radical (unpaired) electrons. The van der Waals surface area contributed by atoms with Crippen LogP contribution in [-0.4, -0.2) is 28.2 Å². The Bertz CT molecular complexity index is 999. The van der Waals surface area contributed by atoms with Gasteiger partial charge in [-0.05, 0) is 37.1 Å². The van der Waals surface area contributed by atoms with Gasteiger partial charge in [0, 0.05) is 29.4 Å². The van der Waals surface area contributed by atoms with E-state index in [4.69, 9.17) is 0 Å². The number of carbonyl (C=O) groups is 2. The Labute approximate surface area is 170 Å². The van der Waals surface area contributed by atoms with E-state index in [1.165, 1.54) is 6.92 Å². The van der Waals surface area contributed by atoms with Crippen LogP contribution >= 0.6 is 0 Å². The number of nitrogens with zero attached hydrogens (tertiary/aromatic N) is 2. The van der Waals surface area contributed by atoms with Gasteiger partial charge < -0.3 is 10.6 Å². The number of rotatable bonds is 7. The van der Waals surface area contributed by atoms with E-state index in [1.807, 2.05) is 44.2 Å². The zero-order valence-corrected chi connectivity index (χ0v) is 16.8. The molecule has 3 rings (SSSR count). The van der Waals surface area contributed by atoms with Crippen molar-refractivity contribution >= 4 is 23.2 Å². The quantitative estimate of drug-likeness (QED) is 0.583. The Kier molecular flexibility index (Phi) is 6.34. The zero-order chi connectivity index (χ0) is 20.8. The normalized spacial score (nSPS) is 10.6. The van der Waals surface area contributed by atoms with Gasteiger partial charge in [-0.25, -0.2) is 9.97 Å². The van der Waals surface area contributed by atoms with Crippen molar-refractivity contribution in [3.63, 3.8) is 0 Å². The predicted molar refractivity (Wildman–Crippen MR) is 114 cm³/mol. The van der Waals surface area contributed by atoms with E-state index in [9.17, 15) is 9.59 Å². The summed E-state index contributed by atoms with van der Waals surface area (Å²) in [4.78, 5) is 33.1. The first kappa shape index (κ1) is 20.2. The Hall–Kier alpha value is -3.54. The van der Waals surface area contributed by atoms with Crippen molar-refractivity contribution in [1.82, 2.24) is 15.3 Å². The predicted octanol–water partition coefficient (Wildman–Crippen LogP) is 4.48. The first-order valence-corrected chi connectivity index (χ1v) is 9.53. The second kappa shape index (κ2) is 9.10. The van der Waals surface area contributed by atoms with Crippen molar-refractivity contribution in [3.05, 3.63) is 71.9 Å². The molecule has 1 aromatic heterocycles. The number of hydrogen-bond donors (Lipinski definition) is 2. The molecule has 0 bridgehead atoms. The number of aromatic nitrogens is 2. The topological polar surface area (TPSA) is 84.0 Å². The third-order valence-electron chi connectivity index (χ3n) is 4.23. The Morgan fingerprint density at radius 3 is 2.28 bits per heavy atom. The number of amides is 1. The molecule has 1 amide bonds. The molecular formula is C23H24N4O2. The molecule has 1 heterocycles. The highest BCUT2D eigenvalue weighted by molar-refractivity contribution is 5.95. The molecule has 0 aliphatic heterocycles. The lowest BCUT2D eigenvalue weighted by Gasteiger charge is -2.12. The number of nitrogens with one attached hydrogen (secondary N) is 2. The lowest BCUT2D eigenvalue weighted by Crippen LogP contribution is -2.28. The van der Waals surface area contributed by atoms with Crippen molar-refractivity contribution in [2.75, 3.05) is 11.9 Å². The molecule has 2 aromatic carbocycles. The van der Waals surface area contributed by atoms with Gasteiger partial charge in [-0.3, -0.25) is 9.59 Å².